The number of hydrogen-bond acceptors (Lipinski definition) is 9. The number of primary amides is 1. The number of nitrogens with one attached hydrogen (secondary N) is 6. The summed E-state index contributed by atoms with van der Waals surface area (Å²) in [4.78, 5) is 105. The van der Waals surface area contributed by atoms with Gasteiger partial charge in [-0.25, -0.2) is 0 Å². The molecule has 1 saturated carbocycles. The molecule has 1 saturated heterocycles. The standard InChI is InChI=1S/C47H68N12O7/c1-29(60)54-37(25-30-13-4-2-5-14-30)42(62)56-36(19-10-22-48)46(66)59-24-12-21-40(59)45(65)58-38(26-31-15-6-3-7-16-31)43(63)57-39(27-32-28-53-34-18-9-8-17-33(32)34)44(64)55-35(41(49)61)20-11-23-52-47(50)51/h2,4-5,8-9,13-14,17-18,28,31,35-40,53H,3,6-7,10-12,15-16,19-27,48H2,1H3,(H2,49,61)(H,54,60)(H,55,64)(H,56,62)(H,57,63)(H,58,65)(H4,50,51,52)/t35-,36+,37+,38-,39-,40+/m1/s1. The van der Waals surface area contributed by atoms with Crippen LogP contribution in [0.3, 0.4) is 0 Å². The van der Waals surface area contributed by atoms with Crippen molar-refractivity contribution in [1.29, 1.82) is 0 Å². The number of aromatic nitrogens is 1. The molecule has 19 heteroatoms. The zero-order valence-electron chi connectivity index (χ0n) is 37.9. The van der Waals surface area contributed by atoms with Crippen molar-refractivity contribution in [1.82, 2.24) is 36.5 Å². The molecule has 0 radical (unpaired) electrons. The summed E-state index contributed by atoms with van der Waals surface area (Å²) >= 11 is 0. The Kier molecular flexibility index (Phi) is 19.3. The minimum absolute atomic E-state index is 0.0418. The van der Waals surface area contributed by atoms with Crippen molar-refractivity contribution >= 4 is 58.2 Å². The first-order valence-electron chi connectivity index (χ1n) is 23.2. The van der Waals surface area contributed by atoms with Gasteiger partial charge in [0.25, 0.3) is 0 Å². The van der Waals surface area contributed by atoms with Crippen LogP contribution in [-0.2, 0) is 46.4 Å². The molecule has 14 N–H and O–H groups in total. The Bertz CT molecular complexity index is 2150. The highest BCUT2D eigenvalue weighted by Crippen LogP contribution is 2.28. The molecular formula is C47H68N12O7. The van der Waals surface area contributed by atoms with E-state index in [1.54, 1.807) is 6.20 Å². The first kappa shape index (κ1) is 50.5. The van der Waals surface area contributed by atoms with Crippen LogP contribution in [-0.4, -0.2) is 113 Å². The topological polar surface area (TPSA) is 315 Å². The fourth-order valence-corrected chi connectivity index (χ4v) is 8.98. The Morgan fingerprint density at radius 1 is 0.712 bits per heavy atom. The van der Waals surface area contributed by atoms with E-state index in [9.17, 15) is 33.6 Å². The van der Waals surface area contributed by atoms with Gasteiger partial charge in [0.05, 0.1) is 0 Å². The molecule has 0 unspecified atom stereocenters. The fraction of sp³-hybridized carbons (Fsp3) is 0.532. The Hall–Kier alpha value is -6.50. The zero-order chi connectivity index (χ0) is 47.6. The second-order valence-electron chi connectivity index (χ2n) is 17.5. The van der Waals surface area contributed by atoms with Crippen LogP contribution in [0.2, 0.25) is 0 Å². The van der Waals surface area contributed by atoms with Gasteiger partial charge in [-0.15, -0.1) is 0 Å². The molecule has 6 atom stereocenters. The second kappa shape index (κ2) is 25.3. The summed E-state index contributed by atoms with van der Waals surface area (Å²) < 4.78 is 0. The van der Waals surface area contributed by atoms with Crippen LogP contribution < -0.4 is 49.5 Å². The molecule has 66 heavy (non-hydrogen) atoms. The fourth-order valence-electron chi connectivity index (χ4n) is 8.98. The number of guanidine groups is 1. The molecule has 1 aromatic heterocycles. The first-order valence-corrected chi connectivity index (χ1v) is 23.2. The van der Waals surface area contributed by atoms with Crippen molar-refractivity contribution in [2.75, 3.05) is 19.6 Å². The summed E-state index contributed by atoms with van der Waals surface area (Å²) in [5.74, 6) is -3.97. The third-order valence-electron chi connectivity index (χ3n) is 12.4. The zero-order valence-corrected chi connectivity index (χ0v) is 37.9. The number of rotatable bonds is 24. The molecule has 2 fully saturated rings. The van der Waals surface area contributed by atoms with Crippen LogP contribution in [0.25, 0.3) is 10.9 Å². The van der Waals surface area contributed by atoms with Gasteiger partial charge in [0.15, 0.2) is 5.96 Å². The van der Waals surface area contributed by atoms with E-state index in [1.807, 2.05) is 54.6 Å². The lowest BCUT2D eigenvalue weighted by atomic mass is 9.84. The minimum Gasteiger partial charge on any atom is -0.370 e. The molecule has 3 aromatic rings. The number of carbonyl (C=O) groups excluding carboxylic acids is 7. The van der Waals surface area contributed by atoms with Crippen molar-refractivity contribution in [3.63, 3.8) is 0 Å². The van der Waals surface area contributed by atoms with E-state index < -0.39 is 77.6 Å². The number of H-pyrrole nitrogens is 1. The molecular weight excluding hydrogens is 845 g/mol. The number of likely N-dealkylation sites (tertiary alicyclic amines) is 1. The molecule has 2 aromatic carbocycles. The third-order valence-corrected chi connectivity index (χ3v) is 12.4. The van der Waals surface area contributed by atoms with Crippen LogP contribution in [0.15, 0.2) is 65.8 Å². The Labute approximate surface area is 385 Å². The van der Waals surface area contributed by atoms with E-state index in [-0.39, 0.29) is 57.2 Å². The van der Waals surface area contributed by atoms with Crippen LogP contribution >= 0.6 is 0 Å². The molecule has 1 aliphatic heterocycles. The SMILES string of the molecule is CC(=O)N[C@@H](Cc1ccccc1)C(=O)N[C@@H](CCCN)C(=O)N1CCC[C@H]1C(=O)N[C@H](CC1CCCCC1)C(=O)N[C@H](Cc1c[nH]c2ccccc12)C(=O)N[C@H](CCCN=C(N)N)C(N)=O. The predicted molar refractivity (Wildman–Crippen MR) is 251 cm³/mol. The number of benzene rings is 2. The van der Waals surface area contributed by atoms with Gasteiger partial charge < -0.3 is 59.4 Å². The highest BCUT2D eigenvalue weighted by atomic mass is 16.2. The lowest BCUT2D eigenvalue weighted by molar-refractivity contribution is -0.142. The van der Waals surface area contributed by atoms with Crippen molar-refractivity contribution in [3.8, 4) is 0 Å². The maximum Gasteiger partial charge on any atom is 0.245 e. The van der Waals surface area contributed by atoms with Gasteiger partial charge in [-0.3, -0.25) is 38.6 Å². The first-order chi connectivity index (χ1) is 31.7. The lowest BCUT2D eigenvalue weighted by Crippen LogP contribution is -2.60. The number of carbonyl (C=O) groups is 7. The van der Waals surface area contributed by atoms with E-state index in [0.29, 0.717) is 32.1 Å². The van der Waals surface area contributed by atoms with Gasteiger partial charge in [-0.1, -0.05) is 80.6 Å². The molecule has 2 heterocycles. The molecule has 5 rings (SSSR count). The third kappa shape index (κ3) is 15.0. The largest absolute Gasteiger partial charge is 0.370 e. The maximum absolute atomic E-state index is 14.6. The molecule has 19 nitrogen and oxygen atoms in total. The van der Waals surface area contributed by atoms with Gasteiger partial charge in [0, 0.05) is 50.0 Å². The van der Waals surface area contributed by atoms with Gasteiger partial charge >= 0.3 is 0 Å². The van der Waals surface area contributed by atoms with Crippen molar-refractivity contribution in [2.45, 2.75) is 133 Å². The molecule has 2 aliphatic rings. The van der Waals surface area contributed by atoms with Gasteiger partial charge in [0.2, 0.25) is 41.4 Å². The Morgan fingerprint density at radius 3 is 2.03 bits per heavy atom. The van der Waals surface area contributed by atoms with E-state index in [2.05, 4.69) is 36.6 Å². The summed E-state index contributed by atoms with van der Waals surface area (Å²) in [6.07, 6.45) is 8.95. The number of hydrogen-bond donors (Lipinski definition) is 10. The van der Waals surface area contributed by atoms with Crippen LogP contribution in [0, 0.1) is 5.92 Å². The van der Waals surface area contributed by atoms with Gasteiger partial charge in [-0.05, 0) is 74.6 Å². The normalized spacial score (nSPS) is 17.4. The van der Waals surface area contributed by atoms with E-state index >= 15 is 0 Å². The highest BCUT2D eigenvalue weighted by Gasteiger charge is 2.40. The lowest BCUT2D eigenvalue weighted by Gasteiger charge is -2.32. The number of aliphatic imine (C=N–C) groups is 1. The Balaban J connectivity index is 1.36. The van der Waals surface area contributed by atoms with Crippen LogP contribution in [0.4, 0.5) is 0 Å². The molecule has 358 valence electrons. The average Bonchev–Trinajstić information content (AvgIpc) is 3.96. The predicted octanol–water partition coefficient (Wildman–Crippen LogP) is 0.636. The number of amides is 7. The maximum atomic E-state index is 14.6. The quantitative estimate of drug-likeness (QED) is 0.0340. The number of aromatic amines is 1. The van der Waals surface area contributed by atoms with E-state index in [1.165, 1.54) is 11.8 Å². The smallest absolute Gasteiger partial charge is 0.245 e. The summed E-state index contributed by atoms with van der Waals surface area (Å²) in [5.41, 5.74) is 24.8. The van der Waals surface area contributed by atoms with Crippen molar-refractivity contribution in [3.05, 3.63) is 71.9 Å². The average molecular weight is 913 g/mol. The minimum atomic E-state index is -1.19. The molecule has 7 amide bonds. The van der Waals surface area contributed by atoms with Crippen LogP contribution in [0.1, 0.15) is 95.1 Å². The summed E-state index contributed by atoms with van der Waals surface area (Å²) in [6, 6.07) is 10.4. The van der Waals surface area contributed by atoms with Gasteiger partial charge in [-0.2, -0.15) is 0 Å². The highest BCUT2D eigenvalue weighted by molar-refractivity contribution is 5.97. The molecule has 1 aliphatic carbocycles. The van der Waals surface area contributed by atoms with Gasteiger partial charge in [0.1, 0.15) is 36.3 Å². The summed E-state index contributed by atoms with van der Waals surface area (Å²) in [7, 11) is 0. The van der Waals surface area contributed by atoms with Crippen molar-refractivity contribution in [2.24, 2.45) is 33.8 Å². The van der Waals surface area contributed by atoms with E-state index in [4.69, 9.17) is 22.9 Å². The van der Waals surface area contributed by atoms with Crippen molar-refractivity contribution < 1.29 is 33.6 Å². The summed E-state index contributed by atoms with van der Waals surface area (Å²) in [5, 5.41) is 15.0. The van der Waals surface area contributed by atoms with E-state index in [0.717, 1.165) is 54.1 Å². The number of nitrogens with zero attached hydrogens (tertiary/aromatic N) is 2. The number of nitrogens with two attached hydrogens (primary N) is 4. The summed E-state index contributed by atoms with van der Waals surface area (Å²) in [6.45, 7) is 2.02. The monoisotopic (exact) mass is 913 g/mol. The number of fused-ring (bicyclic) bond motifs is 1. The Morgan fingerprint density at radius 2 is 1.35 bits per heavy atom. The molecule has 0 spiro atoms. The second-order valence-corrected chi connectivity index (χ2v) is 17.5. The number of para-hydroxylation sites is 1. The molecule has 0 bridgehead atoms. The van der Waals surface area contributed by atoms with Crippen LogP contribution in [0.5, 0.6) is 0 Å².